The van der Waals surface area contributed by atoms with Crippen LogP contribution < -0.4 is 5.73 Å². The fourth-order valence-electron chi connectivity index (χ4n) is 1.52. The predicted molar refractivity (Wildman–Crippen MR) is 66.3 cm³/mol. The van der Waals surface area contributed by atoms with Gasteiger partial charge in [-0.3, -0.25) is 0 Å². The van der Waals surface area contributed by atoms with E-state index in [4.69, 9.17) is 10.2 Å². The van der Waals surface area contributed by atoms with Crippen molar-refractivity contribution in [3.05, 3.63) is 12.1 Å². The molecule has 0 aliphatic rings. The van der Waals surface area contributed by atoms with Crippen molar-refractivity contribution in [3.8, 4) is 11.6 Å². The number of nitrogen functional groups attached to an aromatic ring is 1. The summed E-state index contributed by atoms with van der Waals surface area (Å²) in [5.41, 5.74) is 5.65. The number of sulfone groups is 1. The lowest BCUT2D eigenvalue weighted by atomic mass is 10.5. The number of aromatic nitrogens is 6. The zero-order valence-corrected chi connectivity index (χ0v) is 11.3. The summed E-state index contributed by atoms with van der Waals surface area (Å²) >= 11 is 0. The number of anilines is 1. The van der Waals surface area contributed by atoms with Crippen LogP contribution in [0.4, 0.5) is 5.95 Å². The van der Waals surface area contributed by atoms with Gasteiger partial charge in [-0.15, -0.1) is 5.10 Å². The molecular weight excluding hydrogens is 286 g/mol. The summed E-state index contributed by atoms with van der Waals surface area (Å²) in [6, 6.07) is 0. The van der Waals surface area contributed by atoms with E-state index in [-0.39, 0.29) is 17.6 Å². The third kappa shape index (κ3) is 1.97. The Labute approximate surface area is 112 Å². The van der Waals surface area contributed by atoms with Crippen molar-refractivity contribution in [2.24, 2.45) is 0 Å². The highest BCUT2D eigenvalue weighted by molar-refractivity contribution is 7.90. The van der Waals surface area contributed by atoms with Gasteiger partial charge in [-0.1, -0.05) is 0 Å². The van der Waals surface area contributed by atoms with E-state index < -0.39 is 15.0 Å². The molecule has 0 atom stereocenters. The SMILES string of the molecule is Cc1ncc(-c2nc3nc(S(C)(=O)=O)nc(N)n3n2)o1. The highest BCUT2D eigenvalue weighted by atomic mass is 32.2. The van der Waals surface area contributed by atoms with Gasteiger partial charge in [-0.2, -0.15) is 19.5 Å². The molecule has 0 aliphatic heterocycles. The molecule has 11 heteroatoms. The number of hydrogen-bond acceptors (Lipinski definition) is 9. The first-order valence-corrected chi connectivity index (χ1v) is 7.27. The molecule has 0 radical (unpaired) electrons. The Bertz CT molecular complexity index is 911. The van der Waals surface area contributed by atoms with Crippen LogP contribution in [0.1, 0.15) is 5.89 Å². The Balaban J connectivity index is 2.23. The van der Waals surface area contributed by atoms with E-state index in [1.807, 2.05) is 0 Å². The highest BCUT2D eigenvalue weighted by Crippen LogP contribution is 2.18. The Hall–Kier alpha value is -2.56. The van der Waals surface area contributed by atoms with Crippen LogP contribution in [0.3, 0.4) is 0 Å². The fraction of sp³-hybridized carbons (Fsp3) is 0.222. The zero-order chi connectivity index (χ0) is 14.5. The lowest BCUT2D eigenvalue weighted by Crippen LogP contribution is -2.11. The summed E-state index contributed by atoms with van der Waals surface area (Å²) in [5.74, 6) is 0.854. The van der Waals surface area contributed by atoms with Crippen LogP contribution in [0.25, 0.3) is 17.4 Å². The first kappa shape index (κ1) is 12.5. The van der Waals surface area contributed by atoms with Crippen molar-refractivity contribution in [2.75, 3.05) is 12.0 Å². The van der Waals surface area contributed by atoms with Gasteiger partial charge in [0.25, 0.3) is 10.9 Å². The van der Waals surface area contributed by atoms with E-state index in [0.29, 0.717) is 11.7 Å². The van der Waals surface area contributed by atoms with Gasteiger partial charge in [-0.25, -0.2) is 13.4 Å². The summed E-state index contributed by atoms with van der Waals surface area (Å²) in [7, 11) is -3.59. The lowest BCUT2D eigenvalue weighted by molar-refractivity contribution is 0.530. The third-order valence-corrected chi connectivity index (χ3v) is 3.23. The second kappa shape index (κ2) is 3.96. The molecular formula is C9H9N7O3S. The number of aryl methyl sites for hydroxylation is 1. The Morgan fingerprint density at radius 3 is 2.65 bits per heavy atom. The monoisotopic (exact) mass is 295 g/mol. The van der Waals surface area contributed by atoms with Crippen molar-refractivity contribution in [2.45, 2.75) is 12.1 Å². The summed E-state index contributed by atoms with van der Waals surface area (Å²) in [4.78, 5) is 15.5. The average Bonchev–Trinajstić information content (AvgIpc) is 2.93. The van der Waals surface area contributed by atoms with Crippen LogP contribution in [-0.4, -0.2) is 44.2 Å². The van der Waals surface area contributed by atoms with E-state index in [2.05, 4.69) is 25.0 Å². The van der Waals surface area contributed by atoms with Crippen LogP contribution in [-0.2, 0) is 9.84 Å². The van der Waals surface area contributed by atoms with Crippen molar-refractivity contribution in [1.82, 2.24) is 29.5 Å². The van der Waals surface area contributed by atoms with Crippen molar-refractivity contribution in [3.63, 3.8) is 0 Å². The molecule has 2 N–H and O–H groups in total. The minimum atomic E-state index is -3.59. The zero-order valence-electron chi connectivity index (χ0n) is 10.5. The molecule has 10 nitrogen and oxygen atoms in total. The smallest absolute Gasteiger partial charge is 0.258 e. The summed E-state index contributed by atoms with van der Waals surface area (Å²) < 4.78 is 29.3. The second-order valence-corrected chi connectivity index (χ2v) is 5.94. The normalized spacial score (nSPS) is 12.1. The van der Waals surface area contributed by atoms with Crippen LogP contribution >= 0.6 is 0 Å². The van der Waals surface area contributed by atoms with Crippen LogP contribution in [0.15, 0.2) is 15.8 Å². The number of nitrogens with two attached hydrogens (primary N) is 1. The Morgan fingerprint density at radius 2 is 2.05 bits per heavy atom. The van der Waals surface area contributed by atoms with Crippen LogP contribution in [0.5, 0.6) is 0 Å². The molecule has 0 spiro atoms. The van der Waals surface area contributed by atoms with Gasteiger partial charge in [0.05, 0.1) is 6.20 Å². The van der Waals surface area contributed by atoms with Gasteiger partial charge in [0.15, 0.2) is 11.7 Å². The Morgan fingerprint density at radius 1 is 1.30 bits per heavy atom. The molecule has 0 aromatic carbocycles. The van der Waals surface area contributed by atoms with Gasteiger partial charge >= 0.3 is 0 Å². The van der Waals surface area contributed by atoms with E-state index in [9.17, 15) is 8.42 Å². The van der Waals surface area contributed by atoms with Gasteiger partial charge < -0.3 is 10.2 Å². The molecule has 0 saturated heterocycles. The first-order valence-electron chi connectivity index (χ1n) is 5.38. The minimum Gasteiger partial charge on any atom is -0.438 e. The maximum absolute atomic E-state index is 11.4. The molecule has 3 heterocycles. The van der Waals surface area contributed by atoms with Crippen LogP contribution in [0.2, 0.25) is 0 Å². The third-order valence-electron chi connectivity index (χ3n) is 2.39. The lowest BCUT2D eigenvalue weighted by Gasteiger charge is -1.99. The number of rotatable bonds is 2. The molecule has 3 aromatic heterocycles. The quantitative estimate of drug-likeness (QED) is 0.659. The van der Waals surface area contributed by atoms with E-state index in [1.54, 1.807) is 6.92 Å². The van der Waals surface area contributed by atoms with Crippen LogP contribution in [0, 0.1) is 6.92 Å². The first-order chi connectivity index (χ1) is 9.34. The standard InChI is InChI=1S/C9H9N7O3S/c1-4-11-3-5(19-4)6-12-8-14-9(20(2,17)18)13-7(10)16(8)15-6/h3H,1-2H3,(H2,10,12,13,14,15). The van der Waals surface area contributed by atoms with Gasteiger partial charge in [0, 0.05) is 13.2 Å². The maximum Gasteiger partial charge on any atom is 0.258 e. The number of oxazole rings is 1. The Kier molecular flexibility index (Phi) is 2.47. The molecule has 3 aromatic rings. The number of hydrogen-bond donors (Lipinski definition) is 1. The van der Waals surface area contributed by atoms with Crippen molar-refractivity contribution in [1.29, 1.82) is 0 Å². The largest absolute Gasteiger partial charge is 0.438 e. The second-order valence-electron chi connectivity index (χ2n) is 4.03. The van der Waals surface area contributed by atoms with Crippen molar-refractivity contribution < 1.29 is 12.8 Å². The van der Waals surface area contributed by atoms with Gasteiger partial charge in [-0.05, 0) is 0 Å². The highest BCUT2D eigenvalue weighted by Gasteiger charge is 2.18. The van der Waals surface area contributed by atoms with Crippen molar-refractivity contribution >= 4 is 21.6 Å². The van der Waals surface area contributed by atoms with Gasteiger partial charge in [0.2, 0.25) is 21.6 Å². The van der Waals surface area contributed by atoms with E-state index in [0.717, 1.165) is 10.8 Å². The minimum absolute atomic E-state index is 0.0157. The molecule has 0 fully saturated rings. The number of nitrogens with zero attached hydrogens (tertiary/aromatic N) is 6. The maximum atomic E-state index is 11.4. The molecule has 0 bridgehead atoms. The molecule has 0 amide bonds. The molecule has 20 heavy (non-hydrogen) atoms. The molecule has 0 saturated carbocycles. The van der Waals surface area contributed by atoms with E-state index >= 15 is 0 Å². The summed E-state index contributed by atoms with van der Waals surface area (Å²) in [5, 5.41) is 3.64. The summed E-state index contributed by atoms with van der Waals surface area (Å²) in [6.45, 7) is 1.68. The summed E-state index contributed by atoms with van der Waals surface area (Å²) in [6.07, 6.45) is 2.43. The molecule has 0 unspecified atom stereocenters. The number of fused-ring (bicyclic) bond motifs is 1. The molecule has 104 valence electrons. The molecule has 0 aliphatic carbocycles. The fourth-order valence-corrected chi connectivity index (χ4v) is 2.03. The van der Waals surface area contributed by atoms with E-state index in [1.165, 1.54) is 6.20 Å². The molecule has 3 rings (SSSR count). The average molecular weight is 295 g/mol. The van der Waals surface area contributed by atoms with Gasteiger partial charge in [0.1, 0.15) is 0 Å². The topological polar surface area (TPSA) is 142 Å². The predicted octanol–water partition coefficient (Wildman–Crippen LogP) is -0.532.